The fourth-order valence-corrected chi connectivity index (χ4v) is 2.75. The minimum Gasteiger partial charge on any atom is -0.348 e. The molecule has 0 aromatic carbocycles. The van der Waals surface area contributed by atoms with Crippen molar-refractivity contribution in [1.82, 2.24) is 16.0 Å². The van der Waals surface area contributed by atoms with Crippen molar-refractivity contribution in [3.8, 4) is 0 Å². The Hall–Kier alpha value is -1.43. The number of aldehydes is 1. The van der Waals surface area contributed by atoms with E-state index in [1.165, 1.54) is 70.6 Å². The second-order valence-electron chi connectivity index (χ2n) is 6.81. The number of carbonyl (C=O) groups excluding carboxylic acids is 3. The van der Waals surface area contributed by atoms with Crippen molar-refractivity contribution >= 4 is 18.1 Å². The number of rotatable bonds is 19. The summed E-state index contributed by atoms with van der Waals surface area (Å²) >= 11 is 0. The van der Waals surface area contributed by atoms with Crippen LogP contribution in [-0.4, -0.2) is 44.3 Å². The third kappa shape index (κ3) is 18.9. The van der Waals surface area contributed by atoms with Crippen molar-refractivity contribution < 1.29 is 14.4 Å². The van der Waals surface area contributed by atoms with Gasteiger partial charge in [-0.1, -0.05) is 77.6 Å². The molecule has 26 heavy (non-hydrogen) atoms. The van der Waals surface area contributed by atoms with Gasteiger partial charge >= 0.3 is 0 Å². The average Bonchev–Trinajstić information content (AvgIpc) is 2.64. The van der Waals surface area contributed by atoms with Gasteiger partial charge in [0.05, 0.1) is 19.6 Å². The maximum absolute atomic E-state index is 11.5. The largest absolute Gasteiger partial charge is 0.348 e. The molecule has 0 heterocycles. The van der Waals surface area contributed by atoms with E-state index >= 15 is 0 Å². The summed E-state index contributed by atoms with van der Waals surface area (Å²) in [6.07, 6.45) is 16.4. The Morgan fingerprint density at radius 2 is 1.19 bits per heavy atom. The molecule has 0 spiro atoms. The number of hydrogen-bond donors (Lipinski definition) is 3. The summed E-state index contributed by atoms with van der Waals surface area (Å²) in [5.41, 5.74) is 0. The highest BCUT2D eigenvalue weighted by molar-refractivity contribution is 5.86. The van der Waals surface area contributed by atoms with Crippen molar-refractivity contribution in [3.05, 3.63) is 0 Å². The number of amides is 2. The Balaban J connectivity index is 3.22. The minimum absolute atomic E-state index is 0.0219. The summed E-state index contributed by atoms with van der Waals surface area (Å²) in [6, 6.07) is 0. The van der Waals surface area contributed by atoms with Crippen molar-refractivity contribution in [2.24, 2.45) is 0 Å². The topological polar surface area (TPSA) is 87.3 Å². The highest BCUT2D eigenvalue weighted by Crippen LogP contribution is 2.11. The van der Waals surface area contributed by atoms with Crippen molar-refractivity contribution in [2.45, 2.75) is 84.0 Å². The molecule has 6 nitrogen and oxygen atoms in total. The number of carbonyl (C=O) groups is 3. The molecule has 6 heteroatoms. The molecule has 0 saturated heterocycles. The molecule has 0 fully saturated rings. The molecule has 0 aromatic rings. The average molecular weight is 370 g/mol. The van der Waals surface area contributed by atoms with Gasteiger partial charge in [0.25, 0.3) is 0 Å². The lowest BCUT2D eigenvalue weighted by atomic mass is 10.1. The van der Waals surface area contributed by atoms with E-state index in [0.29, 0.717) is 6.29 Å². The molecular weight excluding hydrogens is 330 g/mol. The Bertz CT molecular complexity index is 362. The van der Waals surface area contributed by atoms with Crippen LogP contribution in [0.15, 0.2) is 0 Å². The highest BCUT2D eigenvalue weighted by Gasteiger charge is 2.04. The smallest absolute Gasteiger partial charge is 0.239 e. The quantitative estimate of drug-likeness (QED) is 0.241. The molecule has 0 aromatic heterocycles. The van der Waals surface area contributed by atoms with E-state index in [-0.39, 0.29) is 31.4 Å². The lowest BCUT2D eigenvalue weighted by Gasteiger charge is -2.07. The van der Waals surface area contributed by atoms with Crippen LogP contribution in [-0.2, 0) is 14.4 Å². The summed E-state index contributed by atoms with van der Waals surface area (Å²) in [7, 11) is 0. The first-order valence-electron chi connectivity index (χ1n) is 10.4. The summed E-state index contributed by atoms with van der Waals surface area (Å²) in [5, 5.41) is 7.96. The Labute approximate surface area is 159 Å². The van der Waals surface area contributed by atoms with Gasteiger partial charge in [-0.2, -0.15) is 0 Å². The third-order valence-corrected chi connectivity index (χ3v) is 4.32. The lowest BCUT2D eigenvalue weighted by molar-refractivity contribution is -0.126. The van der Waals surface area contributed by atoms with Crippen LogP contribution in [0.2, 0.25) is 0 Å². The van der Waals surface area contributed by atoms with Gasteiger partial charge in [0.15, 0.2) is 0 Å². The summed E-state index contributed by atoms with van der Waals surface area (Å²) in [6.45, 7) is 3.18. The maximum Gasteiger partial charge on any atom is 0.239 e. The van der Waals surface area contributed by atoms with Gasteiger partial charge in [-0.15, -0.1) is 0 Å². The zero-order chi connectivity index (χ0) is 19.3. The van der Waals surface area contributed by atoms with Gasteiger partial charge in [0.1, 0.15) is 6.29 Å². The van der Waals surface area contributed by atoms with Crippen LogP contribution in [0.25, 0.3) is 0 Å². The first-order valence-corrected chi connectivity index (χ1v) is 10.4. The normalized spacial score (nSPS) is 10.5. The van der Waals surface area contributed by atoms with E-state index < -0.39 is 0 Å². The van der Waals surface area contributed by atoms with Crippen LogP contribution >= 0.6 is 0 Å². The molecule has 0 radical (unpaired) electrons. The number of nitrogens with one attached hydrogen (secondary N) is 3. The fraction of sp³-hybridized carbons (Fsp3) is 0.850. The van der Waals surface area contributed by atoms with Crippen LogP contribution in [0.4, 0.5) is 0 Å². The summed E-state index contributed by atoms with van der Waals surface area (Å²) in [5.74, 6) is -0.559. The SMILES string of the molecule is CCCCCCCCCCCCCCNCC(=O)NCC(=O)NCC=O. The Morgan fingerprint density at radius 1 is 0.692 bits per heavy atom. The predicted octanol–water partition coefficient (Wildman–Crippen LogP) is 2.71. The van der Waals surface area contributed by atoms with Gasteiger partial charge < -0.3 is 20.7 Å². The van der Waals surface area contributed by atoms with Gasteiger partial charge in [-0.05, 0) is 13.0 Å². The monoisotopic (exact) mass is 369 g/mol. The highest BCUT2D eigenvalue weighted by atomic mass is 16.2. The zero-order valence-corrected chi connectivity index (χ0v) is 16.6. The molecule has 0 aliphatic heterocycles. The van der Waals surface area contributed by atoms with Crippen LogP contribution in [0, 0.1) is 0 Å². The van der Waals surface area contributed by atoms with Crippen LogP contribution in [0.1, 0.15) is 84.0 Å². The predicted molar refractivity (Wildman–Crippen MR) is 106 cm³/mol. The van der Waals surface area contributed by atoms with Crippen LogP contribution in [0.3, 0.4) is 0 Å². The summed E-state index contributed by atoms with van der Waals surface area (Å²) in [4.78, 5) is 32.8. The standard InChI is InChI=1S/C20H39N3O3/c1-2-3-4-5-6-7-8-9-10-11-12-13-14-21-17-19(25)23-18-20(26)22-15-16-24/h16,21H,2-15,17-18H2,1H3,(H,22,26)(H,23,25). The van der Waals surface area contributed by atoms with E-state index in [2.05, 4.69) is 22.9 Å². The van der Waals surface area contributed by atoms with Gasteiger partial charge in [-0.3, -0.25) is 9.59 Å². The summed E-state index contributed by atoms with van der Waals surface area (Å²) < 4.78 is 0. The van der Waals surface area contributed by atoms with E-state index in [9.17, 15) is 14.4 Å². The molecule has 0 atom stereocenters. The number of hydrogen-bond acceptors (Lipinski definition) is 4. The molecule has 0 aliphatic rings. The first-order chi connectivity index (χ1) is 12.7. The lowest BCUT2D eigenvalue weighted by Crippen LogP contribution is -2.41. The molecule has 0 rings (SSSR count). The Morgan fingerprint density at radius 3 is 1.73 bits per heavy atom. The Kier molecular flexibility index (Phi) is 18.8. The first kappa shape index (κ1) is 24.6. The van der Waals surface area contributed by atoms with Crippen molar-refractivity contribution in [2.75, 3.05) is 26.2 Å². The molecular formula is C20H39N3O3. The maximum atomic E-state index is 11.5. The van der Waals surface area contributed by atoms with E-state index in [1.54, 1.807) is 0 Å². The molecule has 3 N–H and O–H groups in total. The molecule has 0 aliphatic carbocycles. The van der Waals surface area contributed by atoms with Gasteiger partial charge in [0, 0.05) is 0 Å². The van der Waals surface area contributed by atoms with Crippen LogP contribution in [0.5, 0.6) is 0 Å². The van der Waals surface area contributed by atoms with Crippen molar-refractivity contribution in [1.29, 1.82) is 0 Å². The minimum atomic E-state index is -0.355. The van der Waals surface area contributed by atoms with E-state index in [0.717, 1.165) is 13.0 Å². The molecule has 2 amide bonds. The molecule has 0 bridgehead atoms. The second kappa shape index (κ2) is 19.9. The molecule has 152 valence electrons. The number of unbranched alkanes of at least 4 members (excludes halogenated alkanes) is 11. The third-order valence-electron chi connectivity index (χ3n) is 4.32. The zero-order valence-electron chi connectivity index (χ0n) is 16.6. The van der Waals surface area contributed by atoms with E-state index in [4.69, 9.17) is 0 Å². The van der Waals surface area contributed by atoms with Gasteiger partial charge in [-0.25, -0.2) is 0 Å². The van der Waals surface area contributed by atoms with E-state index in [1.807, 2.05) is 0 Å². The van der Waals surface area contributed by atoms with Gasteiger partial charge in [0.2, 0.25) is 11.8 Å². The van der Waals surface area contributed by atoms with Crippen LogP contribution < -0.4 is 16.0 Å². The van der Waals surface area contributed by atoms with Crippen molar-refractivity contribution in [3.63, 3.8) is 0 Å². The fourth-order valence-electron chi connectivity index (χ4n) is 2.75. The molecule has 0 unspecified atom stereocenters. The molecule has 0 saturated carbocycles. The second-order valence-corrected chi connectivity index (χ2v) is 6.81.